The van der Waals surface area contributed by atoms with E-state index >= 15 is 0 Å². The van der Waals surface area contributed by atoms with Crippen molar-refractivity contribution in [3.8, 4) is 0 Å². The van der Waals surface area contributed by atoms with Gasteiger partial charge in [-0.05, 0) is 22.8 Å². The number of benzene rings is 2. The highest BCUT2D eigenvalue weighted by Crippen LogP contribution is 2.19. The molecule has 2 atom stereocenters. The predicted octanol–water partition coefficient (Wildman–Crippen LogP) is 1.53. The third-order valence-corrected chi connectivity index (χ3v) is 3.22. The van der Waals surface area contributed by atoms with E-state index in [9.17, 15) is 14.7 Å². The van der Waals surface area contributed by atoms with E-state index in [1.165, 1.54) is 0 Å². The molecule has 20 heavy (non-hydrogen) atoms. The molecule has 2 rings (SSSR count). The highest BCUT2D eigenvalue weighted by molar-refractivity contribution is 5.84. The van der Waals surface area contributed by atoms with Crippen LogP contribution in [-0.4, -0.2) is 33.4 Å². The lowest BCUT2D eigenvalue weighted by atomic mass is 9.93. The van der Waals surface area contributed by atoms with Gasteiger partial charge in [-0.25, -0.2) is 4.79 Å². The lowest BCUT2D eigenvalue weighted by Gasteiger charge is -2.15. The third-order valence-electron chi connectivity index (χ3n) is 3.22. The quantitative estimate of drug-likeness (QED) is 0.768. The molecule has 0 bridgehead atoms. The summed E-state index contributed by atoms with van der Waals surface area (Å²) in [6.07, 6.45) is -1.95. The molecule has 5 heteroatoms. The van der Waals surface area contributed by atoms with Crippen LogP contribution in [0.25, 0.3) is 10.8 Å². The van der Waals surface area contributed by atoms with Crippen LogP contribution in [0.4, 0.5) is 0 Å². The molecule has 104 valence electrons. The van der Waals surface area contributed by atoms with E-state index in [4.69, 9.17) is 10.2 Å². The Kier molecular flexibility index (Phi) is 4.00. The van der Waals surface area contributed by atoms with Crippen LogP contribution in [0.3, 0.4) is 0 Å². The van der Waals surface area contributed by atoms with Crippen LogP contribution >= 0.6 is 0 Å². The number of fused-ring (bicyclic) bond motifs is 1. The van der Waals surface area contributed by atoms with Crippen molar-refractivity contribution in [3.63, 3.8) is 0 Å². The smallest absolute Gasteiger partial charge is 0.333 e. The largest absolute Gasteiger partial charge is 0.481 e. The van der Waals surface area contributed by atoms with Gasteiger partial charge in [0.1, 0.15) is 0 Å². The molecule has 5 nitrogen and oxygen atoms in total. The third kappa shape index (κ3) is 2.95. The average molecular weight is 274 g/mol. The van der Waals surface area contributed by atoms with E-state index in [0.717, 1.165) is 10.8 Å². The van der Waals surface area contributed by atoms with Gasteiger partial charge >= 0.3 is 11.9 Å². The van der Waals surface area contributed by atoms with Crippen molar-refractivity contribution >= 4 is 22.7 Å². The Labute approximate surface area is 115 Å². The first kappa shape index (κ1) is 14.0. The molecule has 0 fully saturated rings. The second kappa shape index (κ2) is 5.71. The maximum absolute atomic E-state index is 11.1. The van der Waals surface area contributed by atoms with Crippen molar-refractivity contribution < 1.29 is 24.9 Å². The van der Waals surface area contributed by atoms with Crippen molar-refractivity contribution in [1.29, 1.82) is 0 Å². The van der Waals surface area contributed by atoms with E-state index in [1.54, 1.807) is 12.1 Å². The molecule has 0 aromatic heterocycles. The molecule has 0 aliphatic rings. The van der Waals surface area contributed by atoms with Gasteiger partial charge in [0.25, 0.3) is 0 Å². The second-order valence-electron chi connectivity index (χ2n) is 4.61. The number of aliphatic hydroxyl groups excluding tert-OH is 1. The predicted molar refractivity (Wildman–Crippen MR) is 72.4 cm³/mol. The van der Waals surface area contributed by atoms with Gasteiger partial charge in [0.05, 0.1) is 5.92 Å². The molecular formula is C15H14O5. The Hall–Kier alpha value is -2.40. The zero-order valence-corrected chi connectivity index (χ0v) is 10.6. The molecule has 0 spiro atoms. The number of aliphatic hydroxyl groups is 1. The minimum atomic E-state index is -1.92. The molecule has 3 N–H and O–H groups in total. The van der Waals surface area contributed by atoms with E-state index < -0.39 is 24.0 Å². The summed E-state index contributed by atoms with van der Waals surface area (Å²) < 4.78 is 0. The summed E-state index contributed by atoms with van der Waals surface area (Å²) >= 11 is 0. The van der Waals surface area contributed by atoms with Crippen LogP contribution in [0.15, 0.2) is 42.5 Å². The Morgan fingerprint density at radius 3 is 2.20 bits per heavy atom. The van der Waals surface area contributed by atoms with Crippen LogP contribution in [0.5, 0.6) is 0 Å². The monoisotopic (exact) mass is 274 g/mol. The summed E-state index contributed by atoms with van der Waals surface area (Å²) in [6.45, 7) is 0. The summed E-state index contributed by atoms with van der Waals surface area (Å²) in [6, 6.07) is 13.0. The maximum atomic E-state index is 11.1. The maximum Gasteiger partial charge on any atom is 0.333 e. The van der Waals surface area contributed by atoms with Crippen molar-refractivity contribution in [2.24, 2.45) is 5.92 Å². The van der Waals surface area contributed by atoms with Gasteiger partial charge in [-0.3, -0.25) is 4.79 Å². The Morgan fingerprint density at radius 1 is 0.950 bits per heavy atom. The van der Waals surface area contributed by atoms with Crippen LogP contribution in [0.2, 0.25) is 0 Å². The summed E-state index contributed by atoms with van der Waals surface area (Å²) in [5.41, 5.74) is 0.677. The van der Waals surface area contributed by atoms with E-state index in [1.807, 2.05) is 30.3 Å². The van der Waals surface area contributed by atoms with Gasteiger partial charge in [0.2, 0.25) is 0 Å². The molecule has 0 unspecified atom stereocenters. The number of rotatable bonds is 5. The molecule has 0 amide bonds. The van der Waals surface area contributed by atoms with Crippen LogP contribution in [-0.2, 0) is 16.0 Å². The molecule has 0 radical (unpaired) electrons. The number of carboxylic acids is 2. The topological polar surface area (TPSA) is 94.8 Å². The number of aliphatic carboxylic acids is 2. The number of carbonyl (C=O) groups is 2. The van der Waals surface area contributed by atoms with Crippen LogP contribution < -0.4 is 0 Å². The zero-order valence-electron chi connectivity index (χ0n) is 10.6. The summed E-state index contributed by atoms with van der Waals surface area (Å²) in [4.78, 5) is 21.8. The van der Waals surface area contributed by atoms with E-state index in [-0.39, 0.29) is 6.42 Å². The van der Waals surface area contributed by atoms with Crippen LogP contribution in [0.1, 0.15) is 5.56 Å². The van der Waals surface area contributed by atoms with Gasteiger partial charge in [-0.2, -0.15) is 0 Å². The molecule has 0 aliphatic heterocycles. The lowest BCUT2D eigenvalue weighted by molar-refractivity contribution is -0.159. The Balaban J connectivity index is 2.28. The summed E-state index contributed by atoms with van der Waals surface area (Å²) in [5.74, 6) is -4.22. The number of hydrogen-bond donors (Lipinski definition) is 3. The van der Waals surface area contributed by atoms with E-state index in [0.29, 0.717) is 5.56 Å². The highest BCUT2D eigenvalue weighted by Gasteiger charge is 2.32. The average Bonchev–Trinajstić information content (AvgIpc) is 2.43. The van der Waals surface area contributed by atoms with Gasteiger partial charge in [-0.1, -0.05) is 42.5 Å². The van der Waals surface area contributed by atoms with Gasteiger partial charge in [-0.15, -0.1) is 0 Å². The molecule has 0 aliphatic carbocycles. The van der Waals surface area contributed by atoms with Crippen molar-refractivity contribution in [2.45, 2.75) is 12.5 Å². The van der Waals surface area contributed by atoms with Gasteiger partial charge in [0.15, 0.2) is 6.10 Å². The van der Waals surface area contributed by atoms with Crippen molar-refractivity contribution in [3.05, 3.63) is 48.0 Å². The van der Waals surface area contributed by atoms with E-state index in [2.05, 4.69) is 0 Å². The Morgan fingerprint density at radius 2 is 1.60 bits per heavy atom. The highest BCUT2D eigenvalue weighted by atomic mass is 16.4. The second-order valence-corrected chi connectivity index (χ2v) is 4.61. The first-order chi connectivity index (χ1) is 9.49. The van der Waals surface area contributed by atoms with Crippen molar-refractivity contribution in [2.75, 3.05) is 0 Å². The fourth-order valence-corrected chi connectivity index (χ4v) is 2.13. The Bertz CT molecular complexity index is 650. The normalized spacial score (nSPS) is 13.8. The fourth-order valence-electron chi connectivity index (χ4n) is 2.13. The molecule has 0 heterocycles. The molecular weight excluding hydrogens is 260 g/mol. The van der Waals surface area contributed by atoms with Crippen molar-refractivity contribution in [1.82, 2.24) is 0 Å². The SMILES string of the molecule is O=C(O)[C@@H](O)[C@@H](Cc1ccc2ccccc2c1)C(=O)O. The number of carboxylic acid groups (broad SMARTS) is 2. The zero-order chi connectivity index (χ0) is 14.7. The summed E-state index contributed by atoms with van der Waals surface area (Å²) in [7, 11) is 0. The first-order valence-corrected chi connectivity index (χ1v) is 6.10. The van der Waals surface area contributed by atoms with Gasteiger partial charge < -0.3 is 15.3 Å². The standard InChI is InChI=1S/C15H14O5/c16-13(15(19)20)12(14(17)18)8-9-5-6-10-3-1-2-4-11(10)7-9/h1-7,12-13,16H,8H2,(H,17,18)(H,19,20)/t12-,13+/m1/s1. The first-order valence-electron chi connectivity index (χ1n) is 6.10. The molecule has 0 saturated heterocycles. The van der Waals surface area contributed by atoms with Gasteiger partial charge in [0, 0.05) is 0 Å². The molecule has 2 aromatic carbocycles. The minimum absolute atomic E-state index is 0.0341. The lowest BCUT2D eigenvalue weighted by Crippen LogP contribution is -2.36. The number of hydrogen-bond acceptors (Lipinski definition) is 3. The minimum Gasteiger partial charge on any atom is -0.481 e. The molecule has 2 aromatic rings. The van der Waals surface area contributed by atoms with Crippen LogP contribution in [0, 0.1) is 5.92 Å². The molecule has 0 saturated carbocycles. The summed E-state index contributed by atoms with van der Waals surface area (Å²) in [5, 5.41) is 29.2. The fraction of sp³-hybridized carbons (Fsp3) is 0.200.